The molecule has 4 aromatic rings. The molecule has 164 valence electrons. The molecule has 0 fully saturated rings. The highest BCUT2D eigenvalue weighted by Gasteiger charge is 2.25. The maximum absolute atomic E-state index is 13.7. The first-order valence-electron chi connectivity index (χ1n) is 10.7. The molecule has 0 bridgehead atoms. The number of anilines is 1. The van der Waals surface area contributed by atoms with Crippen molar-refractivity contribution in [1.29, 1.82) is 5.26 Å². The monoisotopic (exact) mass is 472 g/mol. The van der Waals surface area contributed by atoms with Crippen LogP contribution in [-0.2, 0) is 17.6 Å². The van der Waals surface area contributed by atoms with Crippen LogP contribution < -0.4 is 10.9 Å². The van der Waals surface area contributed by atoms with Gasteiger partial charge >= 0.3 is 0 Å². The Morgan fingerprint density at radius 1 is 1.21 bits per heavy atom. The molecule has 0 radical (unpaired) electrons. The molecule has 1 N–H and O–H groups in total. The summed E-state index contributed by atoms with van der Waals surface area (Å²) in [7, 11) is 0. The number of nitriles is 1. The predicted molar refractivity (Wildman–Crippen MR) is 132 cm³/mol. The zero-order valence-electron chi connectivity index (χ0n) is 17.9. The first-order valence-corrected chi connectivity index (χ1v) is 12.3. The number of thioether (sulfide) groups is 1. The number of thiophene rings is 1. The van der Waals surface area contributed by atoms with Gasteiger partial charge in [-0.15, -0.1) is 11.3 Å². The first-order chi connectivity index (χ1) is 16.0. The van der Waals surface area contributed by atoms with Crippen molar-refractivity contribution in [2.45, 2.75) is 36.6 Å². The molecule has 0 saturated heterocycles. The number of nitrogens with zero attached hydrogens (tertiary/aromatic N) is 3. The largest absolute Gasteiger partial charge is 0.325 e. The van der Waals surface area contributed by atoms with Crippen LogP contribution in [0.3, 0.4) is 0 Å². The summed E-state index contributed by atoms with van der Waals surface area (Å²) >= 11 is 2.85. The summed E-state index contributed by atoms with van der Waals surface area (Å²) in [6, 6.07) is 18.3. The van der Waals surface area contributed by atoms with E-state index in [-0.39, 0.29) is 11.5 Å². The highest BCUT2D eigenvalue weighted by molar-refractivity contribution is 8.00. The molecule has 1 aliphatic carbocycles. The standard InChI is InChI=1S/C25H20N4O2S2/c1-15(22(30)27-17-8-5-7-16(13-17)14-26)32-25-28-23-21(19-11-6-12-20(19)33-23)24(31)29(25)18-9-3-2-4-10-18/h2-5,7-10,13,15H,6,11-12H2,1H3,(H,27,30). The molecule has 6 nitrogen and oxygen atoms in total. The van der Waals surface area contributed by atoms with Gasteiger partial charge in [0.1, 0.15) is 4.83 Å². The third-order valence-electron chi connectivity index (χ3n) is 5.63. The molecule has 0 saturated carbocycles. The van der Waals surface area contributed by atoms with Crippen molar-refractivity contribution in [1.82, 2.24) is 9.55 Å². The third-order valence-corrected chi connectivity index (χ3v) is 7.87. The number of rotatable bonds is 5. The predicted octanol–water partition coefficient (Wildman–Crippen LogP) is 4.93. The SMILES string of the molecule is CC(Sc1nc2sc3c(c2c(=O)n1-c1ccccc1)CCC3)C(=O)Nc1cccc(C#N)c1. The van der Waals surface area contributed by atoms with Crippen LogP contribution in [0.25, 0.3) is 15.9 Å². The maximum atomic E-state index is 13.7. The second-order valence-corrected chi connectivity index (χ2v) is 10.2. The number of benzene rings is 2. The van der Waals surface area contributed by atoms with Gasteiger partial charge in [0.05, 0.1) is 28.0 Å². The normalized spacial score (nSPS) is 13.5. The summed E-state index contributed by atoms with van der Waals surface area (Å²) in [5.41, 5.74) is 2.82. The van der Waals surface area contributed by atoms with Gasteiger partial charge in [0.2, 0.25) is 5.91 Å². The van der Waals surface area contributed by atoms with Crippen molar-refractivity contribution < 1.29 is 4.79 Å². The molecule has 1 unspecified atom stereocenters. The van der Waals surface area contributed by atoms with Crippen molar-refractivity contribution in [2.24, 2.45) is 0 Å². The number of carbonyl (C=O) groups excluding carboxylic acids is 1. The Hall–Kier alpha value is -3.41. The summed E-state index contributed by atoms with van der Waals surface area (Å²) in [6.07, 6.45) is 2.97. The number of fused-ring (bicyclic) bond motifs is 3. The minimum absolute atomic E-state index is 0.0811. The van der Waals surface area contributed by atoms with Crippen LogP contribution in [0, 0.1) is 11.3 Å². The molecular weight excluding hydrogens is 452 g/mol. The van der Waals surface area contributed by atoms with Crippen LogP contribution in [0.15, 0.2) is 64.5 Å². The zero-order chi connectivity index (χ0) is 22.9. The van der Waals surface area contributed by atoms with Crippen molar-refractivity contribution in [3.63, 3.8) is 0 Å². The smallest absolute Gasteiger partial charge is 0.267 e. The molecule has 0 aliphatic heterocycles. The molecule has 1 aliphatic rings. The van der Waals surface area contributed by atoms with Crippen LogP contribution >= 0.6 is 23.1 Å². The lowest BCUT2D eigenvalue weighted by Gasteiger charge is -2.16. The Morgan fingerprint density at radius 3 is 2.82 bits per heavy atom. The Labute approximate surface area is 198 Å². The van der Waals surface area contributed by atoms with Gasteiger partial charge in [-0.05, 0) is 62.1 Å². The van der Waals surface area contributed by atoms with E-state index >= 15 is 0 Å². The van der Waals surface area contributed by atoms with Crippen molar-refractivity contribution in [3.05, 3.63) is 81.0 Å². The minimum atomic E-state index is -0.512. The molecule has 5 rings (SSSR count). The quantitative estimate of drug-likeness (QED) is 0.329. The summed E-state index contributed by atoms with van der Waals surface area (Å²) in [6.45, 7) is 1.79. The molecule has 33 heavy (non-hydrogen) atoms. The first kappa shape index (κ1) is 21.4. The number of para-hydroxylation sites is 1. The zero-order valence-corrected chi connectivity index (χ0v) is 19.5. The second kappa shape index (κ2) is 8.85. The number of aromatic nitrogens is 2. The van der Waals surface area contributed by atoms with E-state index in [1.807, 2.05) is 30.3 Å². The minimum Gasteiger partial charge on any atom is -0.325 e. The van der Waals surface area contributed by atoms with E-state index in [0.717, 1.165) is 35.3 Å². The lowest BCUT2D eigenvalue weighted by atomic mass is 10.2. The summed E-state index contributed by atoms with van der Waals surface area (Å²) in [5, 5.41) is 12.6. The molecule has 8 heteroatoms. The number of carbonyl (C=O) groups is 1. The van der Waals surface area contributed by atoms with Crippen LogP contribution in [0.4, 0.5) is 5.69 Å². The van der Waals surface area contributed by atoms with Gasteiger partial charge in [0, 0.05) is 10.6 Å². The molecule has 2 heterocycles. The number of nitrogens with one attached hydrogen (secondary N) is 1. The van der Waals surface area contributed by atoms with Gasteiger partial charge in [-0.2, -0.15) is 5.26 Å². The molecule has 1 amide bonds. The molecule has 2 aromatic heterocycles. The Bertz CT molecular complexity index is 1470. The molecule has 0 spiro atoms. The molecular formula is C25H20N4O2S2. The third kappa shape index (κ3) is 4.06. The average molecular weight is 473 g/mol. The molecule has 1 atom stereocenters. The van der Waals surface area contributed by atoms with Crippen LogP contribution in [0.2, 0.25) is 0 Å². The van der Waals surface area contributed by atoms with E-state index < -0.39 is 5.25 Å². The number of hydrogen-bond acceptors (Lipinski definition) is 6. The second-order valence-electron chi connectivity index (χ2n) is 7.85. The lowest BCUT2D eigenvalue weighted by molar-refractivity contribution is -0.115. The van der Waals surface area contributed by atoms with E-state index in [1.165, 1.54) is 16.6 Å². The Kier molecular flexibility index (Phi) is 5.75. The summed E-state index contributed by atoms with van der Waals surface area (Å²) in [4.78, 5) is 33.4. The lowest BCUT2D eigenvalue weighted by Crippen LogP contribution is -2.26. The van der Waals surface area contributed by atoms with E-state index in [9.17, 15) is 9.59 Å². The van der Waals surface area contributed by atoms with E-state index in [0.29, 0.717) is 21.8 Å². The van der Waals surface area contributed by atoms with Gasteiger partial charge in [-0.25, -0.2) is 4.98 Å². The fourth-order valence-electron chi connectivity index (χ4n) is 4.03. The van der Waals surface area contributed by atoms with Gasteiger partial charge in [0.25, 0.3) is 5.56 Å². The number of aryl methyl sites for hydroxylation is 2. The van der Waals surface area contributed by atoms with Crippen molar-refractivity contribution in [2.75, 3.05) is 5.32 Å². The summed E-state index contributed by atoms with van der Waals surface area (Å²) in [5.74, 6) is -0.224. The fourth-order valence-corrected chi connectivity index (χ4v) is 6.26. The highest BCUT2D eigenvalue weighted by Crippen LogP contribution is 2.36. The van der Waals surface area contributed by atoms with E-state index in [2.05, 4.69) is 11.4 Å². The van der Waals surface area contributed by atoms with Gasteiger partial charge in [-0.3, -0.25) is 14.2 Å². The number of amides is 1. The topological polar surface area (TPSA) is 87.8 Å². The van der Waals surface area contributed by atoms with Gasteiger partial charge < -0.3 is 5.32 Å². The van der Waals surface area contributed by atoms with Gasteiger partial charge in [-0.1, -0.05) is 36.0 Å². The van der Waals surface area contributed by atoms with Crippen LogP contribution in [0.1, 0.15) is 29.3 Å². The van der Waals surface area contributed by atoms with Gasteiger partial charge in [0.15, 0.2) is 5.16 Å². The van der Waals surface area contributed by atoms with Crippen molar-refractivity contribution in [3.8, 4) is 11.8 Å². The van der Waals surface area contributed by atoms with E-state index in [4.69, 9.17) is 10.2 Å². The molecule has 2 aromatic carbocycles. The van der Waals surface area contributed by atoms with Crippen molar-refractivity contribution >= 4 is 44.9 Å². The average Bonchev–Trinajstić information content (AvgIpc) is 3.41. The van der Waals surface area contributed by atoms with Crippen LogP contribution in [-0.4, -0.2) is 20.7 Å². The Balaban J connectivity index is 1.52. The number of hydrogen-bond donors (Lipinski definition) is 1. The fraction of sp³-hybridized carbons (Fsp3) is 0.200. The Morgan fingerprint density at radius 2 is 2.03 bits per heavy atom. The van der Waals surface area contributed by atoms with Crippen LogP contribution in [0.5, 0.6) is 0 Å². The highest BCUT2D eigenvalue weighted by atomic mass is 32.2. The maximum Gasteiger partial charge on any atom is 0.267 e. The van der Waals surface area contributed by atoms with E-state index in [1.54, 1.807) is 47.1 Å². The summed E-state index contributed by atoms with van der Waals surface area (Å²) < 4.78 is 1.62.